The number of carbonyl (C=O) groups is 1. The monoisotopic (exact) mass is 252 g/mol. The molecule has 15 heavy (non-hydrogen) atoms. The van der Waals surface area contributed by atoms with Crippen molar-refractivity contribution in [2.24, 2.45) is 0 Å². The molecule has 4 nitrogen and oxygen atoms in total. The van der Waals surface area contributed by atoms with Crippen molar-refractivity contribution in [3.63, 3.8) is 0 Å². The van der Waals surface area contributed by atoms with Crippen LogP contribution in [0.1, 0.15) is 10.4 Å². The Labute approximate surface area is 90.8 Å². The molecule has 0 saturated carbocycles. The first kappa shape index (κ1) is 11.9. The van der Waals surface area contributed by atoms with Crippen LogP contribution in [0.4, 0.5) is 3.89 Å². The highest BCUT2D eigenvalue weighted by Gasteiger charge is 2.16. The van der Waals surface area contributed by atoms with Gasteiger partial charge in [-0.05, 0) is 18.2 Å². The fourth-order valence-corrected chi connectivity index (χ4v) is 1.77. The van der Waals surface area contributed by atoms with Gasteiger partial charge >= 0.3 is 16.2 Å². The van der Waals surface area contributed by atoms with Crippen molar-refractivity contribution >= 4 is 27.8 Å². The number of methoxy groups -OCH3 is 1. The van der Waals surface area contributed by atoms with E-state index in [2.05, 4.69) is 4.74 Å². The van der Waals surface area contributed by atoms with Crippen molar-refractivity contribution < 1.29 is 21.8 Å². The minimum absolute atomic E-state index is 0.0610. The number of hydrogen-bond donors (Lipinski definition) is 0. The molecule has 7 heteroatoms. The summed E-state index contributed by atoms with van der Waals surface area (Å²) in [6.07, 6.45) is 0. The molecule has 0 radical (unpaired) electrons. The summed E-state index contributed by atoms with van der Waals surface area (Å²) in [4.78, 5) is 10.4. The van der Waals surface area contributed by atoms with E-state index in [0.717, 1.165) is 19.2 Å². The lowest BCUT2D eigenvalue weighted by atomic mass is 10.2. The van der Waals surface area contributed by atoms with Crippen LogP contribution in [0.15, 0.2) is 23.1 Å². The molecular formula is C8H6ClFO4S. The molecule has 0 unspecified atom stereocenters. The average molecular weight is 253 g/mol. The molecule has 0 aliphatic carbocycles. The van der Waals surface area contributed by atoms with Gasteiger partial charge in [0.05, 0.1) is 12.7 Å². The van der Waals surface area contributed by atoms with Gasteiger partial charge in [-0.1, -0.05) is 11.6 Å². The van der Waals surface area contributed by atoms with Crippen LogP contribution in [0, 0.1) is 0 Å². The van der Waals surface area contributed by atoms with Crippen LogP contribution >= 0.6 is 11.6 Å². The summed E-state index contributed by atoms with van der Waals surface area (Å²) in [6.45, 7) is 0. The summed E-state index contributed by atoms with van der Waals surface area (Å²) in [5, 5.41) is -0.0610. The van der Waals surface area contributed by atoms with Crippen molar-refractivity contribution in [3.05, 3.63) is 28.8 Å². The van der Waals surface area contributed by atoms with Gasteiger partial charge in [-0.3, -0.25) is 0 Å². The minimum Gasteiger partial charge on any atom is -0.465 e. The van der Waals surface area contributed by atoms with Gasteiger partial charge in [0.15, 0.2) is 0 Å². The van der Waals surface area contributed by atoms with E-state index < -0.39 is 21.1 Å². The van der Waals surface area contributed by atoms with E-state index in [1.807, 2.05) is 0 Å². The number of rotatable bonds is 2. The Hall–Kier alpha value is -1.14. The van der Waals surface area contributed by atoms with E-state index in [1.165, 1.54) is 6.07 Å². The second kappa shape index (κ2) is 4.16. The van der Waals surface area contributed by atoms with Gasteiger partial charge in [0.2, 0.25) is 0 Å². The SMILES string of the molecule is COC(=O)c1cc(Cl)cc(S(=O)(=O)F)c1. The maximum absolute atomic E-state index is 12.6. The van der Waals surface area contributed by atoms with Crippen LogP contribution in [0.3, 0.4) is 0 Å². The molecule has 1 rings (SSSR count). The van der Waals surface area contributed by atoms with Crippen LogP contribution < -0.4 is 0 Å². The molecule has 0 saturated heterocycles. The Morgan fingerprint density at radius 3 is 2.47 bits per heavy atom. The summed E-state index contributed by atoms with van der Waals surface area (Å²) in [5.74, 6) is -0.789. The number of ether oxygens (including phenoxy) is 1. The molecule has 1 aromatic rings. The molecule has 0 aliphatic heterocycles. The van der Waals surface area contributed by atoms with Crippen molar-refractivity contribution in [1.29, 1.82) is 0 Å². The van der Waals surface area contributed by atoms with Crippen LogP contribution in [0.2, 0.25) is 5.02 Å². The second-order valence-electron chi connectivity index (χ2n) is 2.61. The standard InChI is InChI=1S/C8H6ClFO4S/c1-14-8(11)5-2-6(9)4-7(3-5)15(10,12)13/h2-4H,1H3. The Bertz CT molecular complexity index is 497. The Morgan fingerprint density at radius 2 is 2.00 bits per heavy atom. The van der Waals surface area contributed by atoms with E-state index in [4.69, 9.17) is 11.6 Å². The number of esters is 1. The zero-order valence-corrected chi connectivity index (χ0v) is 9.10. The van der Waals surface area contributed by atoms with E-state index in [-0.39, 0.29) is 10.6 Å². The molecule has 0 N–H and O–H groups in total. The van der Waals surface area contributed by atoms with Crippen LogP contribution in [-0.2, 0) is 15.0 Å². The molecule has 0 heterocycles. The molecule has 0 bridgehead atoms. The topological polar surface area (TPSA) is 60.4 Å². The van der Waals surface area contributed by atoms with Gasteiger partial charge in [0.1, 0.15) is 4.90 Å². The van der Waals surface area contributed by atoms with Gasteiger partial charge < -0.3 is 4.74 Å². The Kier molecular flexibility index (Phi) is 3.31. The smallest absolute Gasteiger partial charge is 0.337 e. The van der Waals surface area contributed by atoms with Crippen molar-refractivity contribution in [2.45, 2.75) is 4.90 Å². The highest BCUT2D eigenvalue weighted by Crippen LogP contribution is 2.21. The van der Waals surface area contributed by atoms with E-state index >= 15 is 0 Å². The summed E-state index contributed by atoms with van der Waals surface area (Å²) in [6, 6.07) is 2.94. The predicted molar refractivity (Wildman–Crippen MR) is 51.1 cm³/mol. The molecule has 82 valence electrons. The van der Waals surface area contributed by atoms with Crippen molar-refractivity contribution in [1.82, 2.24) is 0 Å². The van der Waals surface area contributed by atoms with Crippen LogP contribution in [-0.4, -0.2) is 21.5 Å². The first-order valence-corrected chi connectivity index (χ1v) is 5.44. The van der Waals surface area contributed by atoms with Gasteiger partial charge in [0.25, 0.3) is 0 Å². The summed E-state index contributed by atoms with van der Waals surface area (Å²) >= 11 is 5.52. The molecule has 1 aromatic carbocycles. The van der Waals surface area contributed by atoms with Crippen molar-refractivity contribution in [3.8, 4) is 0 Å². The molecule has 0 atom stereocenters. The number of hydrogen-bond acceptors (Lipinski definition) is 4. The lowest BCUT2D eigenvalue weighted by Gasteiger charge is -2.01. The van der Waals surface area contributed by atoms with Gasteiger partial charge in [-0.2, -0.15) is 8.42 Å². The molecule has 0 aromatic heterocycles. The molecule has 0 spiro atoms. The second-order valence-corrected chi connectivity index (χ2v) is 4.39. The molecule has 0 fully saturated rings. The summed E-state index contributed by atoms with van der Waals surface area (Å²) in [5.41, 5.74) is -0.124. The summed E-state index contributed by atoms with van der Waals surface area (Å²) < 4.78 is 38.1. The lowest BCUT2D eigenvalue weighted by Crippen LogP contribution is -2.03. The normalized spacial score (nSPS) is 11.1. The number of carbonyl (C=O) groups excluding carboxylic acids is 1. The third-order valence-electron chi connectivity index (χ3n) is 1.57. The third kappa shape index (κ3) is 2.90. The zero-order valence-electron chi connectivity index (χ0n) is 7.53. The number of benzene rings is 1. The first-order chi connectivity index (χ1) is 6.84. The van der Waals surface area contributed by atoms with Gasteiger partial charge in [-0.25, -0.2) is 4.79 Å². The Balaban J connectivity index is 3.35. The minimum atomic E-state index is -4.88. The average Bonchev–Trinajstić information content (AvgIpc) is 2.14. The highest BCUT2D eigenvalue weighted by atomic mass is 35.5. The van der Waals surface area contributed by atoms with E-state index in [9.17, 15) is 17.1 Å². The molecule has 0 amide bonds. The third-order valence-corrected chi connectivity index (χ3v) is 2.59. The maximum atomic E-state index is 12.6. The molecule has 0 aliphatic rings. The van der Waals surface area contributed by atoms with E-state index in [1.54, 1.807) is 0 Å². The summed E-state index contributed by atoms with van der Waals surface area (Å²) in [7, 11) is -3.76. The maximum Gasteiger partial charge on any atom is 0.337 e. The lowest BCUT2D eigenvalue weighted by molar-refractivity contribution is 0.0600. The van der Waals surface area contributed by atoms with Crippen LogP contribution in [0.25, 0.3) is 0 Å². The van der Waals surface area contributed by atoms with Crippen LogP contribution in [0.5, 0.6) is 0 Å². The first-order valence-electron chi connectivity index (χ1n) is 3.68. The zero-order chi connectivity index (χ0) is 11.6. The van der Waals surface area contributed by atoms with Gasteiger partial charge in [-0.15, -0.1) is 3.89 Å². The van der Waals surface area contributed by atoms with Crippen molar-refractivity contribution in [2.75, 3.05) is 7.11 Å². The predicted octanol–water partition coefficient (Wildman–Crippen LogP) is 1.78. The fourth-order valence-electron chi connectivity index (χ4n) is 0.939. The fraction of sp³-hybridized carbons (Fsp3) is 0.125. The Morgan fingerprint density at radius 1 is 1.40 bits per heavy atom. The van der Waals surface area contributed by atoms with E-state index in [0.29, 0.717) is 0 Å². The largest absolute Gasteiger partial charge is 0.465 e. The van der Waals surface area contributed by atoms with Gasteiger partial charge in [0, 0.05) is 5.02 Å². The number of halogens is 2. The highest BCUT2D eigenvalue weighted by molar-refractivity contribution is 7.86. The molecular weight excluding hydrogens is 247 g/mol. The quantitative estimate of drug-likeness (QED) is 0.595.